The van der Waals surface area contributed by atoms with Crippen LogP contribution in [0.5, 0.6) is 0 Å². The van der Waals surface area contributed by atoms with Gasteiger partial charge in [-0.25, -0.2) is 0 Å². The van der Waals surface area contributed by atoms with Gasteiger partial charge in [0.25, 0.3) is 0 Å². The maximum Gasteiger partial charge on any atom is -0.0395 e. The molecule has 1 unspecified atom stereocenters. The lowest BCUT2D eigenvalue weighted by Crippen LogP contribution is -1.74. The van der Waals surface area contributed by atoms with Crippen LogP contribution in [-0.4, -0.2) is 11.6 Å². The number of benzene rings is 1. The van der Waals surface area contributed by atoms with Crippen LogP contribution in [0.15, 0.2) is 24.3 Å². The van der Waals surface area contributed by atoms with E-state index in [0.717, 1.165) is 0 Å². The monoisotopic (exact) mass is 523 g/mol. The summed E-state index contributed by atoms with van der Waals surface area (Å²) in [7, 11) is 2.58. The van der Waals surface area contributed by atoms with Crippen LogP contribution in [0.25, 0.3) is 0 Å². The van der Waals surface area contributed by atoms with Gasteiger partial charge in [0.05, 0.1) is 0 Å². The van der Waals surface area contributed by atoms with Gasteiger partial charge in [-0.2, -0.15) is 0 Å². The fourth-order valence-corrected chi connectivity index (χ4v) is 0.663. The zero-order valence-corrected chi connectivity index (χ0v) is 18.4. The van der Waals surface area contributed by atoms with E-state index >= 15 is 0 Å². The number of hydrogen-bond acceptors (Lipinski definition) is 1. The summed E-state index contributed by atoms with van der Waals surface area (Å²) in [6.45, 7) is 6.33. The molecule has 1 aromatic carbocycles. The van der Waals surface area contributed by atoms with Gasteiger partial charge < -0.3 is 11.6 Å². The van der Waals surface area contributed by atoms with Crippen molar-refractivity contribution in [3.8, 4) is 0 Å². The van der Waals surface area contributed by atoms with Gasteiger partial charge in [0.1, 0.15) is 0 Å². The number of rotatable bonds is 0. The van der Waals surface area contributed by atoms with E-state index < -0.39 is 0 Å². The van der Waals surface area contributed by atoms with Crippen molar-refractivity contribution in [2.45, 2.75) is 20.8 Å². The molecule has 0 fully saturated rings. The van der Waals surface area contributed by atoms with Crippen molar-refractivity contribution in [2.24, 2.45) is 0 Å². The van der Waals surface area contributed by atoms with E-state index in [1.807, 2.05) is 0 Å². The topological polar surface area (TPSA) is 66.5 Å². The third kappa shape index (κ3) is 26.9. The molecule has 0 amide bonds. The summed E-state index contributed by atoms with van der Waals surface area (Å²) >= 11 is 0. The predicted molar refractivity (Wildman–Crippen MR) is 106 cm³/mol. The van der Waals surface area contributed by atoms with Crippen molar-refractivity contribution in [3.05, 3.63) is 35.4 Å². The summed E-state index contributed by atoms with van der Waals surface area (Å²) in [6.07, 6.45) is 1.17. The highest BCUT2D eigenvalue weighted by atomic mass is 79.9. The lowest BCUT2D eigenvalue weighted by Gasteiger charge is -1.93. The molecule has 0 saturated heterocycles. The summed E-state index contributed by atoms with van der Waals surface area (Å²) in [6, 6.07) is 8.36. The van der Waals surface area contributed by atoms with E-state index in [1.165, 1.54) is 17.3 Å². The highest BCUT2D eigenvalue weighted by molar-refractivity contribution is 8.93. The van der Waals surface area contributed by atoms with Crippen molar-refractivity contribution in [2.75, 3.05) is 6.16 Å². The van der Waals surface area contributed by atoms with Gasteiger partial charge in [0, 0.05) is 0 Å². The summed E-state index contributed by atoms with van der Waals surface area (Å²) in [4.78, 5) is 0. The second-order valence-corrected chi connectivity index (χ2v) is 3.31. The maximum absolute atomic E-state index is 2.58. The molecule has 2 nitrogen and oxygen atoms in total. The number of aryl methyl sites for hydroxylation is 2. The number of halogens is 4. The fraction of sp³-hybridized carbons (Fsp3) is 0.400. The van der Waals surface area contributed by atoms with Gasteiger partial charge in [0.15, 0.2) is 0 Å². The van der Waals surface area contributed by atoms with Gasteiger partial charge in [-0.05, 0) is 31.1 Å². The first-order valence-corrected chi connectivity index (χ1v) is 4.76. The van der Waals surface area contributed by atoms with Crippen molar-refractivity contribution in [1.82, 2.24) is 6.15 Å². The standard InChI is InChI=1S/C8H10.C2H7P.4BrH.H3N.H2O/c1-7-5-3-4-6-8(7)2;1-2-3;;;;;;/h3-6H,1-2H3;2-3H2,1H3;4*1H;1H3;1H2. The fourth-order valence-electron chi connectivity index (χ4n) is 0.663. The van der Waals surface area contributed by atoms with Crippen LogP contribution in [0.4, 0.5) is 0 Å². The zero-order chi connectivity index (χ0) is 8.69. The molecule has 110 valence electrons. The Balaban J connectivity index is -0.0000000206. The number of hydrogen-bond donors (Lipinski definition) is 1. The molecule has 5 N–H and O–H groups in total. The van der Waals surface area contributed by atoms with E-state index in [-0.39, 0.29) is 79.6 Å². The Labute approximate surface area is 150 Å². The zero-order valence-electron chi connectivity index (χ0n) is 10.4. The SMILES string of the molecule is Br.Br.Br.Br.CCP.Cc1ccccc1C.N.O. The molecule has 1 rings (SSSR count). The molecule has 1 aromatic rings. The van der Waals surface area contributed by atoms with Gasteiger partial charge in [-0.3, -0.25) is 0 Å². The Morgan fingerprint density at radius 1 is 0.882 bits per heavy atom. The van der Waals surface area contributed by atoms with Crippen molar-refractivity contribution in [1.29, 1.82) is 0 Å². The minimum Gasteiger partial charge on any atom is -0.412 e. The summed E-state index contributed by atoms with van der Waals surface area (Å²) in [5.41, 5.74) is 2.74. The average molecular weight is 527 g/mol. The average Bonchev–Trinajstić information content (AvgIpc) is 1.97. The maximum atomic E-state index is 2.58. The van der Waals surface area contributed by atoms with E-state index in [9.17, 15) is 0 Å². The van der Waals surface area contributed by atoms with Crippen molar-refractivity contribution >= 4 is 77.2 Å². The van der Waals surface area contributed by atoms with Gasteiger partial charge in [-0.15, -0.1) is 77.2 Å². The lowest BCUT2D eigenvalue weighted by molar-refractivity contribution is 0.824. The summed E-state index contributed by atoms with van der Waals surface area (Å²) in [5.74, 6) is 0. The second-order valence-electron chi connectivity index (χ2n) is 2.49. The van der Waals surface area contributed by atoms with Crippen LogP contribution in [0.1, 0.15) is 18.1 Å². The molecule has 17 heavy (non-hydrogen) atoms. The molecule has 0 bridgehead atoms. The van der Waals surface area contributed by atoms with Crippen molar-refractivity contribution < 1.29 is 5.48 Å². The Morgan fingerprint density at radius 3 is 1.18 bits per heavy atom. The lowest BCUT2D eigenvalue weighted by atomic mass is 10.1. The molecule has 0 spiro atoms. The predicted octanol–water partition coefficient (Wildman–Crippen LogP) is 4.83. The van der Waals surface area contributed by atoms with Crippen LogP contribution >= 0.6 is 77.2 Å². The van der Waals surface area contributed by atoms with Gasteiger partial charge >= 0.3 is 0 Å². The highest BCUT2D eigenvalue weighted by Gasteiger charge is 1.83. The normalized spacial score (nSPS) is 5.41. The molecule has 0 aliphatic heterocycles. The molecule has 1 atom stereocenters. The van der Waals surface area contributed by atoms with Gasteiger partial charge in [0.2, 0.25) is 0 Å². The van der Waals surface area contributed by atoms with Crippen LogP contribution in [0.3, 0.4) is 0 Å². The van der Waals surface area contributed by atoms with Crippen LogP contribution in [-0.2, 0) is 0 Å². The molecule has 0 aliphatic carbocycles. The molecular weight excluding hydrogens is 501 g/mol. The second kappa shape index (κ2) is 30.5. The summed E-state index contributed by atoms with van der Waals surface area (Å²) < 4.78 is 0. The molecule has 7 heteroatoms. The first kappa shape index (κ1) is 42.8. The van der Waals surface area contributed by atoms with E-state index in [2.05, 4.69) is 54.3 Å². The minimum atomic E-state index is 0. The molecular formula is C10H26Br4NOP. The van der Waals surface area contributed by atoms with Crippen LogP contribution in [0.2, 0.25) is 0 Å². The quantitative estimate of drug-likeness (QED) is 0.483. The van der Waals surface area contributed by atoms with E-state index in [1.54, 1.807) is 0 Å². The minimum absolute atomic E-state index is 0. The highest BCUT2D eigenvalue weighted by Crippen LogP contribution is 2.02. The summed E-state index contributed by atoms with van der Waals surface area (Å²) in [5, 5.41) is 0. The molecule has 0 radical (unpaired) electrons. The van der Waals surface area contributed by atoms with Crippen molar-refractivity contribution in [3.63, 3.8) is 0 Å². The first-order chi connectivity index (χ1) is 5.22. The third-order valence-corrected chi connectivity index (χ3v) is 1.43. The largest absolute Gasteiger partial charge is 0.412 e. The van der Waals surface area contributed by atoms with Gasteiger partial charge in [-0.1, -0.05) is 31.2 Å². The van der Waals surface area contributed by atoms with E-state index in [0.29, 0.717) is 0 Å². The molecule has 0 saturated carbocycles. The Hall–Kier alpha value is 1.49. The van der Waals surface area contributed by atoms with Crippen LogP contribution < -0.4 is 6.15 Å². The molecule has 0 heterocycles. The molecule has 0 aliphatic rings. The first-order valence-electron chi connectivity index (χ1n) is 3.94. The van der Waals surface area contributed by atoms with E-state index in [4.69, 9.17) is 0 Å². The third-order valence-electron chi connectivity index (χ3n) is 1.43. The Kier molecular flexibility index (Phi) is 76.8. The Morgan fingerprint density at radius 2 is 1.06 bits per heavy atom. The Bertz CT molecular complexity index is 196. The smallest absolute Gasteiger partial charge is 0.0395 e. The van der Waals surface area contributed by atoms with Crippen LogP contribution in [0, 0.1) is 13.8 Å². The molecule has 0 aromatic heterocycles.